The minimum Gasteiger partial charge on any atom is -0.381 e. The van der Waals surface area contributed by atoms with Crippen LogP contribution in [0.1, 0.15) is 38.9 Å². The van der Waals surface area contributed by atoms with Crippen LogP contribution in [-0.2, 0) is 11.3 Å². The number of hydrogen-bond acceptors (Lipinski definition) is 3. The Morgan fingerprint density at radius 3 is 3.00 bits per heavy atom. The fraction of sp³-hybridized carbons (Fsp3) is 0.769. The van der Waals surface area contributed by atoms with Gasteiger partial charge in [-0.3, -0.25) is 0 Å². The van der Waals surface area contributed by atoms with Crippen LogP contribution in [0.3, 0.4) is 0 Å². The summed E-state index contributed by atoms with van der Waals surface area (Å²) in [6.07, 6.45) is 5.07. The third-order valence-electron chi connectivity index (χ3n) is 3.52. The fourth-order valence-corrected chi connectivity index (χ4v) is 2.30. The van der Waals surface area contributed by atoms with E-state index in [4.69, 9.17) is 4.74 Å². The van der Waals surface area contributed by atoms with E-state index in [0.29, 0.717) is 18.0 Å². The summed E-state index contributed by atoms with van der Waals surface area (Å²) in [6, 6.07) is 0.979. The largest absolute Gasteiger partial charge is 0.381 e. The van der Waals surface area contributed by atoms with Crippen LogP contribution >= 0.6 is 0 Å². The molecule has 0 saturated carbocycles. The highest BCUT2D eigenvalue weighted by atomic mass is 16.5. The first-order chi connectivity index (χ1) is 8.18. The van der Waals surface area contributed by atoms with E-state index in [2.05, 4.69) is 35.6 Å². The second-order valence-corrected chi connectivity index (χ2v) is 5.19. The molecule has 0 bridgehead atoms. The van der Waals surface area contributed by atoms with E-state index in [0.717, 1.165) is 26.2 Å². The van der Waals surface area contributed by atoms with Gasteiger partial charge in [0.2, 0.25) is 0 Å². The van der Waals surface area contributed by atoms with Crippen LogP contribution in [0.5, 0.6) is 0 Å². The lowest BCUT2D eigenvalue weighted by Gasteiger charge is -2.22. The topological polar surface area (TPSA) is 39.1 Å². The monoisotopic (exact) mass is 237 g/mol. The molecule has 0 aliphatic carbocycles. The zero-order chi connectivity index (χ0) is 12.3. The molecule has 17 heavy (non-hydrogen) atoms. The highest BCUT2D eigenvalue weighted by Crippen LogP contribution is 2.26. The van der Waals surface area contributed by atoms with Crippen molar-refractivity contribution in [2.24, 2.45) is 5.92 Å². The van der Waals surface area contributed by atoms with Gasteiger partial charge in [-0.25, -0.2) is 4.98 Å². The molecule has 1 N–H and O–H groups in total. The highest BCUT2D eigenvalue weighted by Gasteiger charge is 2.24. The predicted molar refractivity (Wildman–Crippen MR) is 67.8 cm³/mol. The number of imidazole rings is 1. The SMILES string of the molecule is CC(C)NCc1cncn1C(C)C1CCOC1. The molecule has 1 fully saturated rings. The molecule has 1 aliphatic rings. The van der Waals surface area contributed by atoms with Crippen molar-refractivity contribution in [1.82, 2.24) is 14.9 Å². The van der Waals surface area contributed by atoms with Gasteiger partial charge < -0.3 is 14.6 Å². The third-order valence-corrected chi connectivity index (χ3v) is 3.52. The van der Waals surface area contributed by atoms with Crippen molar-refractivity contribution < 1.29 is 4.74 Å². The molecule has 1 aromatic heterocycles. The zero-order valence-corrected chi connectivity index (χ0v) is 11.0. The Morgan fingerprint density at radius 2 is 2.35 bits per heavy atom. The van der Waals surface area contributed by atoms with Crippen molar-refractivity contribution >= 4 is 0 Å². The molecular weight excluding hydrogens is 214 g/mol. The minimum absolute atomic E-state index is 0.476. The minimum atomic E-state index is 0.476. The van der Waals surface area contributed by atoms with Crippen LogP contribution in [0, 0.1) is 5.92 Å². The summed E-state index contributed by atoms with van der Waals surface area (Å²) in [5.41, 5.74) is 1.26. The summed E-state index contributed by atoms with van der Waals surface area (Å²) >= 11 is 0. The number of nitrogens with zero attached hydrogens (tertiary/aromatic N) is 2. The highest BCUT2D eigenvalue weighted by molar-refractivity contribution is 5.01. The molecular formula is C13H23N3O. The number of nitrogens with one attached hydrogen (secondary N) is 1. The van der Waals surface area contributed by atoms with Gasteiger partial charge >= 0.3 is 0 Å². The Balaban J connectivity index is 2.01. The Morgan fingerprint density at radius 1 is 1.53 bits per heavy atom. The predicted octanol–water partition coefficient (Wildman–Crippen LogP) is 1.98. The smallest absolute Gasteiger partial charge is 0.0951 e. The van der Waals surface area contributed by atoms with Crippen LogP contribution < -0.4 is 5.32 Å². The van der Waals surface area contributed by atoms with Gasteiger partial charge in [0.05, 0.1) is 18.6 Å². The normalized spacial score (nSPS) is 22.2. The third kappa shape index (κ3) is 3.07. The number of hydrogen-bond donors (Lipinski definition) is 1. The molecule has 2 rings (SSSR count). The summed E-state index contributed by atoms with van der Waals surface area (Å²) in [4.78, 5) is 4.27. The Kier molecular flexibility index (Phi) is 4.18. The maximum Gasteiger partial charge on any atom is 0.0951 e. The lowest BCUT2D eigenvalue weighted by molar-refractivity contribution is 0.174. The molecule has 0 amide bonds. The fourth-order valence-electron chi connectivity index (χ4n) is 2.30. The average molecular weight is 237 g/mol. The van der Waals surface area contributed by atoms with E-state index in [9.17, 15) is 0 Å². The summed E-state index contributed by atoms with van der Waals surface area (Å²) in [5.74, 6) is 0.627. The number of rotatable bonds is 5. The Labute approximate surface area is 103 Å². The number of aromatic nitrogens is 2. The van der Waals surface area contributed by atoms with E-state index in [-0.39, 0.29) is 0 Å². The van der Waals surface area contributed by atoms with Crippen LogP contribution in [-0.4, -0.2) is 28.8 Å². The van der Waals surface area contributed by atoms with Gasteiger partial charge in [-0.15, -0.1) is 0 Å². The summed E-state index contributed by atoms with van der Waals surface area (Å²) in [6.45, 7) is 9.26. The molecule has 2 heterocycles. The summed E-state index contributed by atoms with van der Waals surface area (Å²) < 4.78 is 7.75. The van der Waals surface area contributed by atoms with Gasteiger partial charge in [-0.1, -0.05) is 13.8 Å². The van der Waals surface area contributed by atoms with Crippen LogP contribution in [0.15, 0.2) is 12.5 Å². The van der Waals surface area contributed by atoms with Gasteiger partial charge in [0.15, 0.2) is 0 Å². The molecule has 96 valence electrons. The summed E-state index contributed by atoms with van der Waals surface area (Å²) in [5, 5.41) is 3.44. The maximum absolute atomic E-state index is 5.46. The van der Waals surface area contributed by atoms with Crippen molar-refractivity contribution in [2.75, 3.05) is 13.2 Å². The van der Waals surface area contributed by atoms with E-state index in [1.807, 2.05) is 12.5 Å². The second kappa shape index (κ2) is 5.65. The van der Waals surface area contributed by atoms with Crippen molar-refractivity contribution in [3.8, 4) is 0 Å². The van der Waals surface area contributed by atoms with Crippen molar-refractivity contribution in [3.63, 3.8) is 0 Å². The summed E-state index contributed by atoms with van der Waals surface area (Å²) in [7, 11) is 0. The Bertz CT molecular complexity index is 342. The zero-order valence-electron chi connectivity index (χ0n) is 11.0. The first-order valence-corrected chi connectivity index (χ1v) is 6.50. The molecule has 1 aliphatic heterocycles. The number of ether oxygens (including phenoxy) is 1. The lowest BCUT2D eigenvalue weighted by atomic mass is 10.0. The standard InChI is InChI=1S/C13H23N3O/c1-10(2)15-7-13-6-14-9-16(13)11(3)12-4-5-17-8-12/h6,9-12,15H,4-5,7-8H2,1-3H3. The molecule has 1 saturated heterocycles. The van der Waals surface area contributed by atoms with E-state index in [1.54, 1.807) is 0 Å². The van der Waals surface area contributed by atoms with Gasteiger partial charge in [-0.05, 0) is 13.3 Å². The molecule has 2 unspecified atom stereocenters. The average Bonchev–Trinajstić information content (AvgIpc) is 2.96. The molecule has 1 aromatic rings. The van der Waals surface area contributed by atoms with E-state index < -0.39 is 0 Å². The second-order valence-electron chi connectivity index (χ2n) is 5.19. The van der Waals surface area contributed by atoms with Crippen LogP contribution in [0.2, 0.25) is 0 Å². The van der Waals surface area contributed by atoms with Crippen molar-refractivity contribution in [2.45, 2.75) is 45.8 Å². The maximum atomic E-state index is 5.46. The first-order valence-electron chi connectivity index (χ1n) is 6.50. The van der Waals surface area contributed by atoms with Crippen molar-refractivity contribution in [3.05, 3.63) is 18.2 Å². The first kappa shape index (κ1) is 12.6. The van der Waals surface area contributed by atoms with Crippen LogP contribution in [0.25, 0.3) is 0 Å². The molecule has 0 radical (unpaired) electrons. The molecule has 0 aromatic carbocycles. The van der Waals surface area contributed by atoms with Gasteiger partial charge in [0, 0.05) is 37.4 Å². The van der Waals surface area contributed by atoms with Gasteiger partial charge in [0.1, 0.15) is 0 Å². The van der Waals surface area contributed by atoms with E-state index in [1.165, 1.54) is 5.69 Å². The molecule has 2 atom stereocenters. The Hall–Kier alpha value is -0.870. The molecule has 4 heteroatoms. The molecule has 4 nitrogen and oxygen atoms in total. The quantitative estimate of drug-likeness (QED) is 0.851. The van der Waals surface area contributed by atoms with Gasteiger partial charge in [-0.2, -0.15) is 0 Å². The van der Waals surface area contributed by atoms with E-state index >= 15 is 0 Å². The van der Waals surface area contributed by atoms with Gasteiger partial charge in [0.25, 0.3) is 0 Å². The molecule has 0 spiro atoms. The van der Waals surface area contributed by atoms with Crippen LogP contribution in [0.4, 0.5) is 0 Å². The van der Waals surface area contributed by atoms with Crippen molar-refractivity contribution in [1.29, 1.82) is 0 Å². The lowest BCUT2D eigenvalue weighted by Crippen LogP contribution is -2.25.